The Balaban J connectivity index is 2.40. The lowest BCUT2D eigenvalue weighted by molar-refractivity contribution is -0.122. The minimum absolute atomic E-state index is 0.0324. The molecule has 1 N–H and O–H groups in total. The highest BCUT2D eigenvalue weighted by molar-refractivity contribution is 5.47. The van der Waals surface area contributed by atoms with Crippen molar-refractivity contribution >= 4 is 6.41 Å². The van der Waals surface area contributed by atoms with Gasteiger partial charge in [0.25, 0.3) is 0 Å². The van der Waals surface area contributed by atoms with Gasteiger partial charge in [-0.25, -0.2) is 4.39 Å². The third kappa shape index (κ3) is 1.44. The summed E-state index contributed by atoms with van der Waals surface area (Å²) >= 11 is 0. The Morgan fingerprint density at radius 3 is 2.90 bits per heavy atom. The second-order valence-electron chi connectivity index (χ2n) is 2.47. The largest absolute Gasteiger partial charge is 0.390 e. The van der Waals surface area contributed by atoms with Gasteiger partial charge in [-0.1, -0.05) is 0 Å². The highest BCUT2D eigenvalue weighted by Gasteiger charge is 2.26. The fourth-order valence-electron chi connectivity index (χ4n) is 1.01. The van der Waals surface area contributed by atoms with Crippen molar-refractivity contribution in [1.82, 2.24) is 4.90 Å². The molecule has 1 amide bonds. The van der Waals surface area contributed by atoms with Crippen LogP contribution in [0.25, 0.3) is 0 Å². The molecule has 0 spiro atoms. The van der Waals surface area contributed by atoms with E-state index in [1.807, 2.05) is 0 Å². The van der Waals surface area contributed by atoms with Gasteiger partial charge in [-0.2, -0.15) is 0 Å². The van der Waals surface area contributed by atoms with E-state index in [4.69, 9.17) is 5.11 Å². The smallest absolute Gasteiger partial charge is 0.209 e. The van der Waals surface area contributed by atoms with Crippen LogP contribution in [0.4, 0.5) is 4.39 Å². The van der Waals surface area contributed by atoms with Gasteiger partial charge in [0.1, 0.15) is 6.17 Å². The fraction of sp³-hybridized carbons (Fsp3) is 0.833. The quantitative estimate of drug-likeness (QED) is 0.510. The van der Waals surface area contributed by atoms with Crippen molar-refractivity contribution in [3.8, 4) is 0 Å². The molecule has 0 aromatic rings. The van der Waals surface area contributed by atoms with Gasteiger partial charge in [-0.3, -0.25) is 4.79 Å². The molecule has 1 saturated heterocycles. The van der Waals surface area contributed by atoms with Crippen LogP contribution in [0.1, 0.15) is 6.42 Å². The Kier molecular flexibility index (Phi) is 2.21. The number of nitrogens with zero attached hydrogens (tertiary/aromatic N) is 1. The van der Waals surface area contributed by atoms with E-state index in [-0.39, 0.29) is 6.54 Å². The average molecular weight is 147 g/mol. The Morgan fingerprint density at radius 2 is 2.40 bits per heavy atom. The van der Waals surface area contributed by atoms with Crippen LogP contribution >= 0.6 is 0 Å². The second kappa shape index (κ2) is 2.96. The zero-order chi connectivity index (χ0) is 7.56. The highest BCUT2D eigenvalue weighted by Crippen LogP contribution is 2.11. The number of aliphatic hydroxyl groups excluding tert-OH is 1. The number of carbonyl (C=O) groups excluding carboxylic acids is 1. The number of piperidine rings is 1. The van der Waals surface area contributed by atoms with Gasteiger partial charge in [0.05, 0.1) is 12.6 Å². The maximum atomic E-state index is 12.6. The van der Waals surface area contributed by atoms with Crippen LogP contribution in [0.2, 0.25) is 0 Å². The lowest BCUT2D eigenvalue weighted by Crippen LogP contribution is -2.43. The first-order chi connectivity index (χ1) is 4.74. The molecule has 0 bridgehead atoms. The lowest BCUT2D eigenvalue weighted by atomic mass is 10.1. The molecule has 2 atom stereocenters. The number of hydrogen-bond donors (Lipinski definition) is 1. The molecule has 0 aromatic carbocycles. The Morgan fingerprint density at radius 1 is 1.70 bits per heavy atom. The van der Waals surface area contributed by atoms with Gasteiger partial charge in [0.15, 0.2) is 0 Å². The summed E-state index contributed by atoms with van der Waals surface area (Å²) < 4.78 is 12.6. The number of likely N-dealkylation sites (tertiary alicyclic amines) is 1. The van der Waals surface area contributed by atoms with Crippen LogP contribution in [0.3, 0.4) is 0 Å². The molecule has 0 unspecified atom stereocenters. The maximum absolute atomic E-state index is 12.6. The molecule has 1 aliphatic rings. The number of carbonyl (C=O) groups is 1. The van der Waals surface area contributed by atoms with Crippen molar-refractivity contribution < 1.29 is 14.3 Å². The normalized spacial score (nSPS) is 34.0. The lowest BCUT2D eigenvalue weighted by Gasteiger charge is -2.28. The van der Waals surface area contributed by atoms with Crippen LogP contribution in [0.15, 0.2) is 0 Å². The third-order valence-electron chi connectivity index (χ3n) is 1.69. The van der Waals surface area contributed by atoms with Crippen LogP contribution in [-0.2, 0) is 4.79 Å². The minimum Gasteiger partial charge on any atom is -0.390 e. The molecular formula is C6H10FNO2. The van der Waals surface area contributed by atoms with E-state index >= 15 is 0 Å². The van der Waals surface area contributed by atoms with E-state index in [2.05, 4.69) is 0 Å². The van der Waals surface area contributed by atoms with Gasteiger partial charge >= 0.3 is 0 Å². The molecule has 0 aliphatic carbocycles. The number of aliphatic hydroxyl groups is 1. The molecule has 1 fully saturated rings. The number of amides is 1. The Bertz CT molecular complexity index is 131. The van der Waals surface area contributed by atoms with E-state index in [1.165, 1.54) is 4.90 Å². The van der Waals surface area contributed by atoms with E-state index in [0.29, 0.717) is 19.4 Å². The van der Waals surface area contributed by atoms with Crippen molar-refractivity contribution in [1.29, 1.82) is 0 Å². The van der Waals surface area contributed by atoms with Crippen molar-refractivity contribution in [2.45, 2.75) is 18.7 Å². The summed E-state index contributed by atoms with van der Waals surface area (Å²) in [5.74, 6) is 0. The Hall–Kier alpha value is -0.640. The molecule has 1 rings (SSSR count). The van der Waals surface area contributed by atoms with E-state index in [0.717, 1.165) is 0 Å². The molecule has 0 aromatic heterocycles. The first-order valence-corrected chi connectivity index (χ1v) is 3.25. The number of hydrogen-bond acceptors (Lipinski definition) is 2. The SMILES string of the molecule is O=CN1CC[C@@H](O)[C@H](F)C1. The molecule has 58 valence electrons. The van der Waals surface area contributed by atoms with Crippen molar-refractivity contribution in [3.63, 3.8) is 0 Å². The van der Waals surface area contributed by atoms with Gasteiger partial charge in [0.2, 0.25) is 6.41 Å². The molecule has 1 heterocycles. The number of alkyl halides is 1. The minimum atomic E-state index is -1.26. The predicted molar refractivity (Wildman–Crippen MR) is 33.2 cm³/mol. The predicted octanol–water partition coefficient (Wildman–Crippen LogP) is -0.452. The van der Waals surface area contributed by atoms with E-state index in [9.17, 15) is 9.18 Å². The monoisotopic (exact) mass is 147 g/mol. The van der Waals surface area contributed by atoms with Gasteiger partial charge < -0.3 is 10.0 Å². The standard InChI is InChI=1S/C6H10FNO2/c7-5-3-8(4-9)2-1-6(5)10/h4-6,10H,1-3H2/t5-,6-/m1/s1. The topological polar surface area (TPSA) is 40.5 Å². The van der Waals surface area contributed by atoms with Crippen LogP contribution in [0, 0.1) is 0 Å². The summed E-state index contributed by atoms with van der Waals surface area (Å²) in [6.07, 6.45) is -1.19. The zero-order valence-corrected chi connectivity index (χ0v) is 5.53. The van der Waals surface area contributed by atoms with Crippen molar-refractivity contribution in [3.05, 3.63) is 0 Å². The summed E-state index contributed by atoms with van der Waals surface area (Å²) in [5, 5.41) is 8.87. The first-order valence-electron chi connectivity index (χ1n) is 3.25. The average Bonchev–Trinajstić information content (AvgIpc) is 1.95. The molecule has 10 heavy (non-hydrogen) atoms. The van der Waals surface area contributed by atoms with E-state index < -0.39 is 12.3 Å². The van der Waals surface area contributed by atoms with Gasteiger partial charge in [0, 0.05) is 6.54 Å². The van der Waals surface area contributed by atoms with Crippen LogP contribution in [-0.4, -0.2) is 41.8 Å². The highest BCUT2D eigenvalue weighted by atomic mass is 19.1. The summed E-state index contributed by atoms with van der Waals surface area (Å²) in [6, 6.07) is 0. The molecule has 0 radical (unpaired) electrons. The maximum Gasteiger partial charge on any atom is 0.209 e. The molecule has 3 nitrogen and oxygen atoms in total. The molecule has 4 heteroatoms. The summed E-state index contributed by atoms with van der Waals surface area (Å²) in [6.45, 7) is 0.496. The van der Waals surface area contributed by atoms with Gasteiger partial charge in [-0.15, -0.1) is 0 Å². The van der Waals surface area contributed by atoms with Crippen LogP contribution < -0.4 is 0 Å². The molecule has 0 saturated carbocycles. The van der Waals surface area contributed by atoms with Crippen molar-refractivity contribution in [2.24, 2.45) is 0 Å². The number of rotatable bonds is 1. The summed E-state index contributed by atoms with van der Waals surface area (Å²) in [5.41, 5.74) is 0. The summed E-state index contributed by atoms with van der Waals surface area (Å²) in [7, 11) is 0. The zero-order valence-electron chi connectivity index (χ0n) is 5.53. The first kappa shape index (κ1) is 7.47. The Labute approximate surface area is 58.4 Å². The van der Waals surface area contributed by atoms with Crippen LogP contribution in [0.5, 0.6) is 0 Å². The number of halogens is 1. The van der Waals surface area contributed by atoms with Gasteiger partial charge in [-0.05, 0) is 6.42 Å². The van der Waals surface area contributed by atoms with E-state index in [1.54, 1.807) is 0 Å². The molecular weight excluding hydrogens is 137 g/mol. The molecule has 1 aliphatic heterocycles. The second-order valence-corrected chi connectivity index (χ2v) is 2.47. The van der Waals surface area contributed by atoms with Crippen molar-refractivity contribution in [2.75, 3.05) is 13.1 Å². The fourth-order valence-corrected chi connectivity index (χ4v) is 1.01. The summed E-state index contributed by atoms with van der Waals surface area (Å²) in [4.78, 5) is 11.4. The third-order valence-corrected chi connectivity index (χ3v) is 1.69.